The minimum Gasteiger partial charge on any atom is -0.307 e. The fraction of sp³-hybridized carbons (Fsp3) is 0.857. The van der Waals surface area contributed by atoms with Gasteiger partial charge >= 0.3 is 15.2 Å². The zero-order valence-electron chi connectivity index (χ0n) is 14.8. The molecular weight excluding hydrogens is 358 g/mol. The van der Waals surface area contributed by atoms with E-state index in [0.717, 1.165) is 25.7 Å². The molecule has 0 aliphatic heterocycles. The van der Waals surface area contributed by atoms with Gasteiger partial charge in [-0.25, -0.2) is 0 Å². The highest BCUT2D eigenvalue weighted by Gasteiger charge is 2.31. The molecule has 24 heavy (non-hydrogen) atoms. The number of rotatable bonds is 15. The molecule has 0 aliphatic rings. The van der Waals surface area contributed by atoms with Crippen LogP contribution in [0.3, 0.4) is 0 Å². The fourth-order valence-electron chi connectivity index (χ4n) is 2.09. The summed E-state index contributed by atoms with van der Waals surface area (Å²) < 4.78 is 42.1. The lowest BCUT2D eigenvalue weighted by atomic mass is 10.1. The quantitative estimate of drug-likeness (QED) is 0.305. The Kier molecular flexibility index (Phi) is 11.9. The molecule has 0 aliphatic carbocycles. The summed E-state index contributed by atoms with van der Waals surface area (Å²) in [6.07, 6.45) is 4.91. The van der Waals surface area contributed by atoms with Crippen molar-refractivity contribution in [1.82, 2.24) is 0 Å². The first-order valence-electron chi connectivity index (χ1n) is 7.79. The van der Waals surface area contributed by atoms with E-state index in [1.165, 1.54) is 28.4 Å². The highest BCUT2D eigenvalue weighted by Crippen LogP contribution is 2.49. The summed E-state index contributed by atoms with van der Waals surface area (Å²) >= 11 is 0. The third-order valence-electron chi connectivity index (χ3n) is 3.60. The van der Waals surface area contributed by atoms with Gasteiger partial charge in [0.05, 0.1) is 0 Å². The van der Waals surface area contributed by atoms with E-state index in [1.54, 1.807) is 0 Å². The van der Waals surface area contributed by atoms with Gasteiger partial charge < -0.3 is 18.1 Å². The van der Waals surface area contributed by atoms with Crippen molar-refractivity contribution in [1.29, 1.82) is 0 Å². The van der Waals surface area contributed by atoms with E-state index in [2.05, 4.69) is 18.1 Å². The molecule has 0 bridgehead atoms. The Morgan fingerprint density at radius 2 is 0.833 bits per heavy atom. The average molecular weight is 386 g/mol. The predicted octanol–water partition coefficient (Wildman–Crippen LogP) is 4.13. The molecule has 0 atom stereocenters. The van der Waals surface area contributed by atoms with Crippen molar-refractivity contribution in [3.63, 3.8) is 0 Å². The van der Waals surface area contributed by atoms with Crippen LogP contribution in [0.15, 0.2) is 0 Å². The summed E-state index contributed by atoms with van der Waals surface area (Å²) in [7, 11) is -2.44. The maximum atomic E-state index is 11.8. The zero-order chi connectivity index (χ0) is 18.6. The number of carbonyl (C=O) groups is 2. The summed E-state index contributed by atoms with van der Waals surface area (Å²) in [6.45, 7) is 0. The first kappa shape index (κ1) is 23.6. The highest BCUT2D eigenvalue weighted by atomic mass is 31.2. The van der Waals surface area contributed by atoms with Crippen LogP contribution >= 0.6 is 15.2 Å². The first-order valence-corrected chi connectivity index (χ1v) is 10.9. The lowest BCUT2D eigenvalue weighted by Gasteiger charge is -2.12. The number of hydrogen-bond acceptors (Lipinski definition) is 8. The summed E-state index contributed by atoms with van der Waals surface area (Å²) in [5.41, 5.74) is -1.01. The molecule has 0 radical (unpaired) electrons. The standard InChI is InChI=1S/C14H28O8P2/c1-19-23(17,20-2)13(15)11-9-7-5-6-8-10-12-14(16)24(18,21-3)22-4/h5-12H2,1-4H3. The smallest absolute Gasteiger partial charge is 0.307 e. The van der Waals surface area contributed by atoms with Crippen molar-refractivity contribution in [2.75, 3.05) is 28.4 Å². The van der Waals surface area contributed by atoms with Gasteiger partial charge in [0.25, 0.3) is 0 Å². The monoisotopic (exact) mass is 386 g/mol. The average Bonchev–Trinajstić information content (AvgIpc) is 2.61. The van der Waals surface area contributed by atoms with Crippen LogP contribution in [-0.4, -0.2) is 39.5 Å². The molecule has 142 valence electrons. The molecule has 0 saturated heterocycles. The zero-order valence-corrected chi connectivity index (χ0v) is 16.6. The molecule has 0 aromatic rings. The molecule has 0 unspecified atom stereocenters. The second kappa shape index (κ2) is 12.1. The first-order chi connectivity index (χ1) is 11.3. The topological polar surface area (TPSA) is 105 Å². The van der Waals surface area contributed by atoms with Crippen molar-refractivity contribution in [3.8, 4) is 0 Å². The van der Waals surface area contributed by atoms with Gasteiger partial charge in [-0.1, -0.05) is 25.7 Å². The number of unbranched alkanes of at least 4 members (excludes halogenated alkanes) is 5. The molecule has 0 aromatic carbocycles. The van der Waals surface area contributed by atoms with Crippen LogP contribution in [-0.2, 0) is 36.8 Å². The van der Waals surface area contributed by atoms with Gasteiger partial charge in [-0.2, -0.15) is 0 Å². The van der Waals surface area contributed by atoms with Crippen LogP contribution in [0.1, 0.15) is 51.4 Å². The minimum atomic E-state index is -3.60. The maximum Gasteiger partial charge on any atom is 0.396 e. The lowest BCUT2D eigenvalue weighted by Crippen LogP contribution is -2.03. The van der Waals surface area contributed by atoms with E-state index in [4.69, 9.17) is 0 Å². The molecule has 8 nitrogen and oxygen atoms in total. The van der Waals surface area contributed by atoms with E-state index in [1.807, 2.05) is 0 Å². The number of carbonyl (C=O) groups excluding carboxylic acids is 2. The summed E-state index contributed by atoms with van der Waals surface area (Å²) in [5.74, 6) is 0. The van der Waals surface area contributed by atoms with Crippen LogP contribution in [0.4, 0.5) is 0 Å². The van der Waals surface area contributed by atoms with Gasteiger partial charge in [-0.15, -0.1) is 0 Å². The Labute approximate surface area is 143 Å². The van der Waals surface area contributed by atoms with Crippen molar-refractivity contribution in [3.05, 3.63) is 0 Å². The predicted molar refractivity (Wildman–Crippen MR) is 90.2 cm³/mol. The van der Waals surface area contributed by atoms with Gasteiger partial charge in [0.1, 0.15) is 0 Å². The van der Waals surface area contributed by atoms with E-state index in [0.29, 0.717) is 12.8 Å². The summed E-state index contributed by atoms with van der Waals surface area (Å²) in [6, 6.07) is 0. The molecular formula is C14H28O8P2. The Hall–Kier alpha value is -0.360. The minimum absolute atomic E-state index is 0.155. The second-order valence-electron chi connectivity index (χ2n) is 5.13. The molecule has 0 heterocycles. The third-order valence-corrected chi connectivity index (χ3v) is 7.20. The molecule has 0 saturated carbocycles. The summed E-state index contributed by atoms with van der Waals surface area (Å²) in [5, 5.41) is 0. The van der Waals surface area contributed by atoms with Crippen LogP contribution in [0.25, 0.3) is 0 Å². The molecule has 0 N–H and O–H groups in total. The van der Waals surface area contributed by atoms with E-state index in [9.17, 15) is 18.7 Å². The second-order valence-corrected chi connectivity index (χ2v) is 9.58. The van der Waals surface area contributed by atoms with Crippen molar-refractivity contribution >= 4 is 26.2 Å². The van der Waals surface area contributed by atoms with Crippen molar-refractivity contribution in [2.45, 2.75) is 51.4 Å². The van der Waals surface area contributed by atoms with E-state index < -0.39 is 26.2 Å². The Morgan fingerprint density at radius 3 is 1.08 bits per heavy atom. The van der Waals surface area contributed by atoms with Crippen LogP contribution in [0.2, 0.25) is 0 Å². The maximum absolute atomic E-state index is 11.8. The normalized spacial score (nSPS) is 12.3. The van der Waals surface area contributed by atoms with Crippen LogP contribution in [0, 0.1) is 0 Å². The SMILES string of the molecule is COP(=O)(OC)C(=O)CCCCCCCCC(=O)P(=O)(OC)OC. The largest absolute Gasteiger partial charge is 0.396 e. The Balaban J connectivity index is 3.79. The highest BCUT2D eigenvalue weighted by molar-refractivity contribution is 7.72. The Bertz CT molecular complexity index is 431. The van der Waals surface area contributed by atoms with E-state index in [-0.39, 0.29) is 12.8 Å². The van der Waals surface area contributed by atoms with Gasteiger partial charge in [0.15, 0.2) is 0 Å². The molecule has 0 amide bonds. The van der Waals surface area contributed by atoms with Gasteiger partial charge in [-0.05, 0) is 12.8 Å². The molecule has 0 rings (SSSR count). The van der Waals surface area contributed by atoms with Gasteiger partial charge in [-0.3, -0.25) is 18.7 Å². The molecule has 10 heteroatoms. The third kappa shape index (κ3) is 7.68. The molecule has 0 spiro atoms. The molecule has 0 aromatic heterocycles. The van der Waals surface area contributed by atoms with Crippen LogP contribution in [0.5, 0.6) is 0 Å². The fourth-order valence-corrected chi connectivity index (χ4v) is 4.07. The van der Waals surface area contributed by atoms with Crippen molar-refractivity contribution < 1.29 is 36.8 Å². The van der Waals surface area contributed by atoms with E-state index >= 15 is 0 Å². The Morgan fingerprint density at radius 1 is 0.583 bits per heavy atom. The van der Waals surface area contributed by atoms with Gasteiger partial charge in [0, 0.05) is 41.3 Å². The lowest BCUT2D eigenvalue weighted by molar-refractivity contribution is -0.114. The molecule has 0 fully saturated rings. The van der Waals surface area contributed by atoms with Crippen LogP contribution < -0.4 is 0 Å². The summed E-state index contributed by atoms with van der Waals surface area (Å²) in [4.78, 5) is 23.4. The van der Waals surface area contributed by atoms with Crippen molar-refractivity contribution in [2.24, 2.45) is 0 Å². The number of hydrogen-bond donors (Lipinski definition) is 0. The van der Waals surface area contributed by atoms with Gasteiger partial charge in [0.2, 0.25) is 11.0 Å².